The van der Waals surface area contributed by atoms with Crippen LogP contribution >= 0.6 is 0 Å². The fourth-order valence-electron chi connectivity index (χ4n) is 3.45. The van der Waals surface area contributed by atoms with Crippen LogP contribution in [0.3, 0.4) is 0 Å². The summed E-state index contributed by atoms with van der Waals surface area (Å²) in [6.45, 7) is 8.71. The van der Waals surface area contributed by atoms with Crippen molar-refractivity contribution in [2.75, 3.05) is 39.8 Å². The molecule has 0 aromatic heterocycles. The smallest absolute Gasteiger partial charge is 0.0217 e. The van der Waals surface area contributed by atoms with E-state index in [1.165, 1.54) is 77.7 Å². The highest BCUT2D eigenvalue weighted by Gasteiger charge is 2.22. The van der Waals surface area contributed by atoms with Crippen molar-refractivity contribution in [2.45, 2.75) is 64.0 Å². The molecular formula is C16H33N3. The lowest BCUT2D eigenvalue weighted by atomic mass is 10.0. The molecule has 0 radical (unpaired) electrons. The van der Waals surface area contributed by atoms with Gasteiger partial charge in [0.25, 0.3) is 0 Å². The summed E-state index contributed by atoms with van der Waals surface area (Å²) < 4.78 is 0. The van der Waals surface area contributed by atoms with E-state index in [1.807, 2.05) is 0 Å². The van der Waals surface area contributed by atoms with E-state index in [2.05, 4.69) is 29.1 Å². The third kappa shape index (κ3) is 5.05. The Morgan fingerprint density at radius 2 is 1.84 bits per heavy atom. The van der Waals surface area contributed by atoms with Crippen LogP contribution in [0, 0.1) is 0 Å². The molecule has 0 amide bonds. The molecular weight excluding hydrogens is 234 g/mol. The Labute approximate surface area is 119 Å². The van der Waals surface area contributed by atoms with Gasteiger partial charge in [0.15, 0.2) is 0 Å². The first-order valence-corrected chi connectivity index (χ1v) is 8.45. The first-order valence-electron chi connectivity index (χ1n) is 8.45. The van der Waals surface area contributed by atoms with Crippen LogP contribution in [0.2, 0.25) is 0 Å². The molecule has 0 bridgehead atoms. The highest BCUT2D eigenvalue weighted by atomic mass is 15.2. The zero-order valence-electron chi connectivity index (χ0n) is 13.0. The summed E-state index contributed by atoms with van der Waals surface area (Å²) in [5.74, 6) is 0. The first kappa shape index (κ1) is 15.3. The van der Waals surface area contributed by atoms with Crippen molar-refractivity contribution >= 4 is 0 Å². The largest absolute Gasteiger partial charge is 0.312 e. The summed E-state index contributed by atoms with van der Waals surface area (Å²) >= 11 is 0. The minimum absolute atomic E-state index is 0.771. The number of hydrogen-bond donors (Lipinski definition) is 1. The normalized spacial score (nSPS) is 27.8. The summed E-state index contributed by atoms with van der Waals surface area (Å²) in [7, 11) is 2.29. The molecule has 0 aromatic carbocycles. The molecule has 2 heterocycles. The zero-order chi connectivity index (χ0) is 13.5. The molecule has 1 unspecified atom stereocenters. The Kier molecular flexibility index (Phi) is 6.62. The van der Waals surface area contributed by atoms with E-state index in [0.29, 0.717) is 0 Å². The third-order valence-corrected chi connectivity index (χ3v) is 4.98. The van der Waals surface area contributed by atoms with Gasteiger partial charge in [-0.25, -0.2) is 0 Å². The second-order valence-corrected chi connectivity index (χ2v) is 6.51. The molecule has 0 aromatic rings. The Morgan fingerprint density at radius 3 is 2.53 bits per heavy atom. The molecule has 0 saturated carbocycles. The number of hydrogen-bond acceptors (Lipinski definition) is 3. The van der Waals surface area contributed by atoms with Gasteiger partial charge in [0.05, 0.1) is 0 Å². The van der Waals surface area contributed by atoms with E-state index in [0.717, 1.165) is 12.1 Å². The minimum Gasteiger partial charge on any atom is -0.312 e. The van der Waals surface area contributed by atoms with Crippen molar-refractivity contribution in [1.82, 2.24) is 15.1 Å². The molecule has 2 saturated heterocycles. The monoisotopic (exact) mass is 267 g/mol. The average Bonchev–Trinajstić information content (AvgIpc) is 2.45. The summed E-state index contributed by atoms with van der Waals surface area (Å²) in [5, 5.41) is 3.83. The first-order chi connectivity index (χ1) is 9.29. The van der Waals surface area contributed by atoms with E-state index in [-0.39, 0.29) is 0 Å². The molecule has 3 heteroatoms. The fourth-order valence-corrected chi connectivity index (χ4v) is 3.45. The standard InChI is InChI=1S/C16H33N3/c1-3-4-11-19-12-8-15(9-13-19)17-14-16-7-5-6-10-18(16)2/h15-17H,3-14H2,1-2H3. The molecule has 19 heavy (non-hydrogen) atoms. The van der Waals surface area contributed by atoms with E-state index in [9.17, 15) is 0 Å². The number of likely N-dealkylation sites (N-methyl/N-ethyl adjacent to an activating group) is 1. The lowest BCUT2D eigenvalue weighted by Gasteiger charge is -2.36. The number of nitrogens with one attached hydrogen (secondary N) is 1. The van der Waals surface area contributed by atoms with E-state index in [1.54, 1.807) is 0 Å². The van der Waals surface area contributed by atoms with Gasteiger partial charge in [-0.05, 0) is 65.3 Å². The van der Waals surface area contributed by atoms with Crippen LogP contribution < -0.4 is 5.32 Å². The van der Waals surface area contributed by atoms with Crippen LogP contribution in [-0.4, -0.2) is 61.7 Å². The highest BCUT2D eigenvalue weighted by molar-refractivity contribution is 4.81. The van der Waals surface area contributed by atoms with E-state index >= 15 is 0 Å². The number of unbranched alkanes of at least 4 members (excludes halogenated alkanes) is 1. The van der Waals surface area contributed by atoms with Gasteiger partial charge in [-0.3, -0.25) is 0 Å². The Morgan fingerprint density at radius 1 is 1.05 bits per heavy atom. The van der Waals surface area contributed by atoms with Crippen molar-refractivity contribution in [3.05, 3.63) is 0 Å². The van der Waals surface area contributed by atoms with Crippen molar-refractivity contribution in [3.8, 4) is 0 Å². The molecule has 112 valence electrons. The molecule has 2 rings (SSSR count). The number of nitrogens with zero attached hydrogens (tertiary/aromatic N) is 2. The van der Waals surface area contributed by atoms with Crippen LogP contribution in [-0.2, 0) is 0 Å². The van der Waals surface area contributed by atoms with Crippen molar-refractivity contribution in [3.63, 3.8) is 0 Å². The highest BCUT2D eigenvalue weighted by Crippen LogP contribution is 2.16. The van der Waals surface area contributed by atoms with Gasteiger partial charge in [-0.2, -0.15) is 0 Å². The van der Waals surface area contributed by atoms with Crippen LogP contribution in [0.1, 0.15) is 51.9 Å². The number of rotatable bonds is 6. The quantitative estimate of drug-likeness (QED) is 0.797. The van der Waals surface area contributed by atoms with Gasteiger partial charge < -0.3 is 15.1 Å². The van der Waals surface area contributed by atoms with Crippen molar-refractivity contribution in [2.24, 2.45) is 0 Å². The summed E-state index contributed by atoms with van der Waals surface area (Å²) in [6, 6.07) is 1.56. The second kappa shape index (κ2) is 8.23. The van der Waals surface area contributed by atoms with Crippen LogP contribution in [0.15, 0.2) is 0 Å². The Balaban J connectivity index is 1.60. The molecule has 2 aliphatic rings. The number of piperidine rings is 2. The van der Waals surface area contributed by atoms with E-state index < -0.39 is 0 Å². The molecule has 2 aliphatic heterocycles. The van der Waals surface area contributed by atoms with Gasteiger partial charge in [-0.1, -0.05) is 19.8 Å². The number of likely N-dealkylation sites (tertiary alicyclic amines) is 2. The molecule has 1 N–H and O–H groups in total. The van der Waals surface area contributed by atoms with Gasteiger partial charge in [0.2, 0.25) is 0 Å². The molecule has 2 fully saturated rings. The van der Waals surface area contributed by atoms with Crippen molar-refractivity contribution < 1.29 is 0 Å². The van der Waals surface area contributed by atoms with Gasteiger partial charge in [0.1, 0.15) is 0 Å². The van der Waals surface area contributed by atoms with E-state index in [4.69, 9.17) is 0 Å². The topological polar surface area (TPSA) is 18.5 Å². The maximum atomic E-state index is 3.83. The van der Waals surface area contributed by atoms with Crippen molar-refractivity contribution in [1.29, 1.82) is 0 Å². The van der Waals surface area contributed by atoms with Crippen LogP contribution in [0.4, 0.5) is 0 Å². The average molecular weight is 267 g/mol. The second-order valence-electron chi connectivity index (χ2n) is 6.51. The SMILES string of the molecule is CCCCN1CCC(NCC2CCCCN2C)CC1. The third-order valence-electron chi connectivity index (χ3n) is 4.98. The fraction of sp³-hybridized carbons (Fsp3) is 1.00. The molecule has 1 atom stereocenters. The minimum atomic E-state index is 0.771. The van der Waals surface area contributed by atoms with Crippen LogP contribution in [0.5, 0.6) is 0 Å². The summed E-state index contributed by atoms with van der Waals surface area (Å²) in [6.07, 6.45) is 9.59. The molecule has 0 aliphatic carbocycles. The lowest BCUT2D eigenvalue weighted by Crippen LogP contribution is -2.48. The predicted octanol–water partition coefficient (Wildman–Crippen LogP) is 2.32. The molecule has 0 spiro atoms. The van der Waals surface area contributed by atoms with Crippen LogP contribution in [0.25, 0.3) is 0 Å². The maximum absolute atomic E-state index is 3.83. The predicted molar refractivity (Wildman–Crippen MR) is 82.6 cm³/mol. The summed E-state index contributed by atoms with van der Waals surface area (Å²) in [5.41, 5.74) is 0. The van der Waals surface area contributed by atoms with Gasteiger partial charge in [-0.15, -0.1) is 0 Å². The summed E-state index contributed by atoms with van der Waals surface area (Å²) in [4.78, 5) is 5.20. The zero-order valence-corrected chi connectivity index (χ0v) is 13.0. The van der Waals surface area contributed by atoms with Gasteiger partial charge >= 0.3 is 0 Å². The lowest BCUT2D eigenvalue weighted by molar-refractivity contribution is 0.159. The Hall–Kier alpha value is -0.120. The van der Waals surface area contributed by atoms with Gasteiger partial charge in [0, 0.05) is 18.6 Å². The molecule has 3 nitrogen and oxygen atoms in total. The Bertz CT molecular complexity index is 236. The maximum Gasteiger partial charge on any atom is 0.0217 e.